The molecule has 0 radical (unpaired) electrons. The summed E-state index contributed by atoms with van der Waals surface area (Å²) in [5, 5.41) is 9.55. The third-order valence-corrected chi connectivity index (χ3v) is 2.06. The summed E-state index contributed by atoms with van der Waals surface area (Å²) in [6, 6.07) is 7.91. The molecule has 0 bridgehead atoms. The van der Waals surface area contributed by atoms with Gasteiger partial charge in [0.1, 0.15) is 5.76 Å². The van der Waals surface area contributed by atoms with Crippen molar-refractivity contribution in [2.45, 2.75) is 6.54 Å². The van der Waals surface area contributed by atoms with E-state index in [9.17, 15) is 5.11 Å². The molecule has 0 unspecified atom stereocenters. The lowest BCUT2D eigenvalue weighted by Crippen LogP contribution is -2.16. The van der Waals surface area contributed by atoms with Crippen molar-refractivity contribution >= 4 is 5.76 Å². The van der Waals surface area contributed by atoms with Crippen molar-refractivity contribution in [2.75, 3.05) is 7.05 Å². The molecule has 0 spiro atoms. The van der Waals surface area contributed by atoms with E-state index in [2.05, 4.69) is 0 Å². The van der Waals surface area contributed by atoms with Crippen molar-refractivity contribution in [3.8, 4) is 0 Å². The highest BCUT2D eigenvalue weighted by atomic mass is 16.3. The van der Waals surface area contributed by atoms with E-state index >= 15 is 0 Å². The third-order valence-electron chi connectivity index (χ3n) is 2.06. The van der Waals surface area contributed by atoms with Crippen LogP contribution in [-0.2, 0) is 6.54 Å². The van der Waals surface area contributed by atoms with Crippen molar-refractivity contribution in [1.82, 2.24) is 4.90 Å². The van der Waals surface area contributed by atoms with Crippen molar-refractivity contribution < 1.29 is 5.11 Å². The summed E-state index contributed by atoms with van der Waals surface area (Å²) in [5.74, 6) is 0.361. The van der Waals surface area contributed by atoms with Gasteiger partial charge in [-0.2, -0.15) is 0 Å². The number of hydrogen-bond donors (Lipinski definition) is 1. The van der Waals surface area contributed by atoms with E-state index in [4.69, 9.17) is 0 Å². The molecule has 1 heterocycles. The van der Waals surface area contributed by atoms with Gasteiger partial charge in [-0.05, 0) is 5.56 Å². The maximum Gasteiger partial charge on any atom is 0.138 e. The number of benzene rings is 1. The van der Waals surface area contributed by atoms with E-state index in [1.165, 1.54) is 5.56 Å². The van der Waals surface area contributed by atoms with Crippen LogP contribution in [0, 0.1) is 0 Å². The Morgan fingerprint density at radius 2 is 2.08 bits per heavy atom. The third kappa shape index (κ3) is 1.05. The fourth-order valence-electron chi connectivity index (χ4n) is 1.50. The molecule has 0 aliphatic carbocycles. The summed E-state index contributed by atoms with van der Waals surface area (Å²) >= 11 is 0. The van der Waals surface area contributed by atoms with Crippen molar-refractivity contribution in [3.05, 3.63) is 41.6 Å². The van der Waals surface area contributed by atoms with Crippen LogP contribution in [0.3, 0.4) is 0 Å². The van der Waals surface area contributed by atoms with Gasteiger partial charge < -0.3 is 10.0 Å². The van der Waals surface area contributed by atoms with Crippen LogP contribution in [0.5, 0.6) is 0 Å². The number of nitrogens with zero attached hydrogens (tertiary/aromatic N) is 1. The minimum atomic E-state index is 0.361. The average molecular weight is 161 g/mol. The molecule has 1 N–H and O–H groups in total. The van der Waals surface area contributed by atoms with Crippen LogP contribution in [0.2, 0.25) is 0 Å². The van der Waals surface area contributed by atoms with E-state index in [-0.39, 0.29) is 0 Å². The molecule has 1 aromatic rings. The first-order chi connectivity index (χ1) is 5.77. The van der Waals surface area contributed by atoms with Gasteiger partial charge in [-0.15, -0.1) is 0 Å². The van der Waals surface area contributed by atoms with Gasteiger partial charge in [0.15, 0.2) is 0 Å². The Labute approximate surface area is 71.7 Å². The van der Waals surface area contributed by atoms with Gasteiger partial charge in [0.05, 0.1) is 0 Å². The molecule has 0 fully saturated rings. The quantitative estimate of drug-likeness (QED) is 0.629. The zero-order chi connectivity index (χ0) is 8.55. The molecule has 1 aromatic carbocycles. The minimum absolute atomic E-state index is 0.361. The van der Waals surface area contributed by atoms with Gasteiger partial charge in [-0.1, -0.05) is 24.3 Å². The van der Waals surface area contributed by atoms with Gasteiger partial charge in [-0.25, -0.2) is 0 Å². The molecule has 0 saturated heterocycles. The molecular formula is C10H11NO. The van der Waals surface area contributed by atoms with Gasteiger partial charge in [0.25, 0.3) is 0 Å². The Morgan fingerprint density at radius 3 is 2.92 bits per heavy atom. The summed E-state index contributed by atoms with van der Waals surface area (Å²) < 4.78 is 0. The normalized spacial score (nSPS) is 15.4. The number of fused-ring (bicyclic) bond motifs is 1. The molecule has 0 atom stereocenters. The zero-order valence-corrected chi connectivity index (χ0v) is 6.99. The summed E-state index contributed by atoms with van der Waals surface area (Å²) in [6.45, 7) is 0.875. The van der Waals surface area contributed by atoms with Gasteiger partial charge in [0.2, 0.25) is 0 Å². The van der Waals surface area contributed by atoms with Crippen molar-refractivity contribution in [2.24, 2.45) is 0 Å². The van der Waals surface area contributed by atoms with Crippen LogP contribution >= 0.6 is 0 Å². The van der Waals surface area contributed by atoms with Gasteiger partial charge in [0, 0.05) is 25.4 Å². The summed E-state index contributed by atoms with van der Waals surface area (Å²) in [6.07, 6.45) is 1.75. The standard InChI is InChI=1S/C10H11NO/c1-11-6-8-4-2-3-5-9(8)10(12)7-11/h2-5,7,12H,6H2,1H3. The Hall–Kier alpha value is -1.44. The fourth-order valence-corrected chi connectivity index (χ4v) is 1.50. The second-order valence-corrected chi connectivity index (χ2v) is 3.09. The summed E-state index contributed by atoms with van der Waals surface area (Å²) in [4.78, 5) is 1.97. The highest BCUT2D eigenvalue weighted by Crippen LogP contribution is 2.23. The van der Waals surface area contributed by atoms with Gasteiger partial charge in [-0.3, -0.25) is 0 Å². The maximum atomic E-state index is 9.55. The average Bonchev–Trinajstić information content (AvgIpc) is 2.04. The van der Waals surface area contributed by atoms with E-state index < -0.39 is 0 Å². The predicted molar refractivity (Wildman–Crippen MR) is 48.5 cm³/mol. The van der Waals surface area contributed by atoms with E-state index in [0.717, 1.165) is 12.1 Å². The first-order valence-electron chi connectivity index (χ1n) is 3.96. The minimum Gasteiger partial charge on any atom is -0.506 e. The van der Waals surface area contributed by atoms with Crippen LogP contribution in [0.15, 0.2) is 30.5 Å². The lowest BCUT2D eigenvalue weighted by Gasteiger charge is -2.22. The monoisotopic (exact) mass is 161 g/mol. The second kappa shape index (κ2) is 2.55. The second-order valence-electron chi connectivity index (χ2n) is 3.09. The topological polar surface area (TPSA) is 23.5 Å². The first-order valence-corrected chi connectivity index (χ1v) is 3.96. The molecule has 12 heavy (non-hydrogen) atoms. The maximum absolute atomic E-state index is 9.55. The highest BCUT2D eigenvalue weighted by Gasteiger charge is 2.12. The molecule has 0 aromatic heterocycles. The SMILES string of the molecule is CN1C=C(O)c2ccccc2C1. The van der Waals surface area contributed by atoms with Crippen molar-refractivity contribution in [3.63, 3.8) is 0 Å². The van der Waals surface area contributed by atoms with Crippen LogP contribution in [0.25, 0.3) is 5.76 Å². The molecule has 1 aliphatic rings. The van der Waals surface area contributed by atoms with E-state index in [1.54, 1.807) is 6.20 Å². The molecule has 2 nitrogen and oxygen atoms in total. The molecule has 2 rings (SSSR count). The number of hydrogen-bond acceptors (Lipinski definition) is 2. The van der Waals surface area contributed by atoms with Crippen LogP contribution < -0.4 is 0 Å². The highest BCUT2D eigenvalue weighted by molar-refractivity contribution is 5.63. The lowest BCUT2D eigenvalue weighted by molar-refractivity contribution is 0.410. The molecule has 0 amide bonds. The number of aliphatic hydroxyl groups is 1. The zero-order valence-electron chi connectivity index (χ0n) is 6.99. The smallest absolute Gasteiger partial charge is 0.138 e. The van der Waals surface area contributed by atoms with E-state index in [0.29, 0.717) is 5.76 Å². The summed E-state index contributed by atoms with van der Waals surface area (Å²) in [5.41, 5.74) is 2.13. The number of rotatable bonds is 0. The Bertz CT molecular complexity index is 330. The first kappa shape index (κ1) is 7.22. The van der Waals surface area contributed by atoms with Crippen LogP contribution in [0.4, 0.5) is 0 Å². The summed E-state index contributed by atoms with van der Waals surface area (Å²) in [7, 11) is 1.95. The van der Waals surface area contributed by atoms with Gasteiger partial charge >= 0.3 is 0 Å². The Morgan fingerprint density at radius 1 is 1.33 bits per heavy atom. The Kier molecular flexibility index (Phi) is 1.54. The Balaban J connectivity index is 2.53. The number of aliphatic hydroxyl groups excluding tert-OH is 1. The molecule has 2 heteroatoms. The van der Waals surface area contributed by atoms with Crippen molar-refractivity contribution in [1.29, 1.82) is 0 Å². The molecule has 1 aliphatic heterocycles. The molecule has 0 saturated carbocycles. The molecular weight excluding hydrogens is 150 g/mol. The molecule has 62 valence electrons. The van der Waals surface area contributed by atoms with E-state index in [1.807, 2.05) is 36.2 Å². The van der Waals surface area contributed by atoms with Crippen LogP contribution in [-0.4, -0.2) is 17.1 Å². The lowest BCUT2D eigenvalue weighted by atomic mass is 10.0. The fraction of sp³-hybridized carbons (Fsp3) is 0.200. The largest absolute Gasteiger partial charge is 0.506 e. The predicted octanol–water partition coefficient (Wildman–Crippen LogP) is 1.99. The van der Waals surface area contributed by atoms with Crippen LogP contribution in [0.1, 0.15) is 11.1 Å².